The third-order valence-electron chi connectivity index (χ3n) is 1.45. The number of nitriles is 1. The zero-order valence-corrected chi connectivity index (χ0v) is 7.45. The van der Waals surface area contributed by atoms with Gasteiger partial charge in [-0.3, -0.25) is 0 Å². The monoisotopic (exact) mass is 232 g/mol. The van der Waals surface area contributed by atoms with Gasteiger partial charge in [-0.05, 0) is 0 Å². The number of nitrogens with zero attached hydrogens (tertiary/aromatic N) is 2. The molecule has 5 nitrogen and oxygen atoms in total. The Morgan fingerprint density at radius 1 is 1.56 bits per heavy atom. The van der Waals surface area contributed by atoms with Gasteiger partial charge < -0.3 is 9.84 Å². The summed E-state index contributed by atoms with van der Waals surface area (Å²) in [6.45, 7) is 0. The van der Waals surface area contributed by atoms with Crippen molar-refractivity contribution in [3.63, 3.8) is 0 Å². The minimum atomic E-state index is -4.94. The number of carbonyl (C=O) groups is 1. The SMILES string of the molecule is N#Cc1cc(OC(F)(F)F)ncc1C(=O)O. The maximum Gasteiger partial charge on any atom is 0.574 e. The fourth-order valence-corrected chi connectivity index (χ4v) is 0.874. The molecule has 0 fully saturated rings. The molecule has 0 saturated carbocycles. The largest absolute Gasteiger partial charge is 0.574 e. The summed E-state index contributed by atoms with van der Waals surface area (Å²) in [6, 6.07) is 2.04. The maximum absolute atomic E-state index is 11.8. The lowest BCUT2D eigenvalue weighted by Gasteiger charge is -2.08. The Hall–Kier alpha value is -2.30. The van der Waals surface area contributed by atoms with E-state index in [1.54, 1.807) is 0 Å². The summed E-state index contributed by atoms with van der Waals surface area (Å²) < 4.78 is 38.7. The van der Waals surface area contributed by atoms with E-state index in [1.165, 1.54) is 6.07 Å². The van der Waals surface area contributed by atoms with Gasteiger partial charge in [0.25, 0.3) is 0 Å². The normalized spacial score (nSPS) is 10.6. The van der Waals surface area contributed by atoms with Crippen LogP contribution in [0, 0.1) is 11.3 Å². The van der Waals surface area contributed by atoms with E-state index in [4.69, 9.17) is 10.4 Å². The Balaban J connectivity index is 3.11. The van der Waals surface area contributed by atoms with E-state index in [0.29, 0.717) is 12.3 Å². The Morgan fingerprint density at radius 3 is 2.62 bits per heavy atom. The van der Waals surface area contributed by atoms with Crippen LogP contribution in [0.4, 0.5) is 13.2 Å². The topological polar surface area (TPSA) is 83.2 Å². The lowest BCUT2D eigenvalue weighted by Crippen LogP contribution is -2.18. The fourth-order valence-electron chi connectivity index (χ4n) is 0.874. The summed E-state index contributed by atoms with van der Waals surface area (Å²) in [7, 11) is 0. The average molecular weight is 232 g/mol. The molecule has 0 bridgehead atoms. The molecule has 0 radical (unpaired) electrons. The molecule has 1 rings (SSSR count). The molecule has 8 heteroatoms. The van der Waals surface area contributed by atoms with Crippen molar-refractivity contribution in [3.8, 4) is 11.9 Å². The third-order valence-corrected chi connectivity index (χ3v) is 1.45. The minimum absolute atomic E-state index is 0.457. The number of aromatic nitrogens is 1. The molecule has 0 atom stereocenters. The molecule has 0 aliphatic heterocycles. The number of aromatic carboxylic acids is 1. The van der Waals surface area contributed by atoms with Crippen LogP contribution in [0.25, 0.3) is 0 Å². The van der Waals surface area contributed by atoms with Crippen molar-refractivity contribution in [1.29, 1.82) is 5.26 Å². The number of halogens is 3. The summed E-state index contributed by atoms with van der Waals surface area (Å²) in [6.07, 6.45) is -4.31. The molecule has 0 aromatic carbocycles. The van der Waals surface area contributed by atoms with Crippen LogP contribution in [0.1, 0.15) is 15.9 Å². The molecule has 16 heavy (non-hydrogen) atoms. The maximum atomic E-state index is 11.8. The highest BCUT2D eigenvalue weighted by Crippen LogP contribution is 2.22. The van der Waals surface area contributed by atoms with Crippen LogP contribution in [-0.4, -0.2) is 22.4 Å². The second kappa shape index (κ2) is 4.06. The molecule has 0 amide bonds. The number of carboxylic acids is 1. The molecule has 0 spiro atoms. The van der Waals surface area contributed by atoms with Gasteiger partial charge in [-0.15, -0.1) is 13.2 Å². The van der Waals surface area contributed by atoms with Crippen molar-refractivity contribution in [2.75, 3.05) is 0 Å². The minimum Gasteiger partial charge on any atom is -0.478 e. The lowest BCUT2D eigenvalue weighted by atomic mass is 10.1. The molecule has 0 aliphatic carbocycles. The van der Waals surface area contributed by atoms with Gasteiger partial charge in [0.15, 0.2) is 0 Å². The van der Waals surface area contributed by atoms with Gasteiger partial charge in [-0.2, -0.15) is 5.26 Å². The number of rotatable bonds is 2. The molecule has 0 aliphatic rings. The Bertz CT molecular complexity index is 465. The number of ether oxygens (including phenoxy) is 1. The predicted molar refractivity (Wildman–Crippen MR) is 42.6 cm³/mol. The first kappa shape index (κ1) is 11.8. The van der Waals surface area contributed by atoms with Gasteiger partial charge >= 0.3 is 12.3 Å². The van der Waals surface area contributed by atoms with Crippen LogP contribution in [-0.2, 0) is 0 Å². The van der Waals surface area contributed by atoms with E-state index in [2.05, 4.69) is 9.72 Å². The number of pyridine rings is 1. The highest BCUT2D eigenvalue weighted by molar-refractivity contribution is 5.90. The van der Waals surface area contributed by atoms with Crippen LogP contribution < -0.4 is 4.74 Å². The second-order valence-electron chi connectivity index (χ2n) is 2.53. The standard InChI is InChI=1S/C8H3F3N2O3/c9-8(10,11)16-6-1-4(2-12)5(3-13-6)7(14)15/h1,3H,(H,14,15). The zero-order valence-electron chi connectivity index (χ0n) is 7.45. The van der Waals surface area contributed by atoms with Crippen LogP contribution in [0.3, 0.4) is 0 Å². The first-order chi connectivity index (χ1) is 7.33. The molecule has 1 aromatic heterocycles. The number of hydrogen-bond donors (Lipinski definition) is 1. The predicted octanol–water partition coefficient (Wildman–Crippen LogP) is 1.55. The smallest absolute Gasteiger partial charge is 0.478 e. The number of alkyl halides is 3. The summed E-state index contributed by atoms with van der Waals surface area (Å²) >= 11 is 0. The van der Waals surface area contributed by atoms with E-state index in [0.717, 1.165) is 0 Å². The highest BCUT2D eigenvalue weighted by atomic mass is 19.4. The van der Waals surface area contributed by atoms with E-state index in [-0.39, 0.29) is 0 Å². The number of hydrogen-bond acceptors (Lipinski definition) is 4. The van der Waals surface area contributed by atoms with Crippen LogP contribution in [0.2, 0.25) is 0 Å². The van der Waals surface area contributed by atoms with Crippen molar-refractivity contribution in [1.82, 2.24) is 4.98 Å². The molecule has 84 valence electrons. The van der Waals surface area contributed by atoms with E-state index in [9.17, 15) is 18.0 Å². The highest BCUT2D eigenvalue weighted by Gasteiger charge is 2.32. The molecule has 0 saturated heterocycles. The average Bonchev–Trinajstić information content (AvgIpc) is 2.14. The van der Waals surface area contributed by atoms with E-state index >= 15 is 0 Å². The Labute approximate surface area is 86.7 Å². The van der Waals surface area contributed by atoms with Crippen LogP contribution in [0.5, 0.6) is 5.88 Å². The molecule has 0 unspecified atom stereocenters. The summed E-state index contributed by atoms with van der Waals surface area (Å²) in [4.78, 5) is 13.6. The first-order valence-electron chi connectivity index (χ1n) is 3.72. The molecule has 1 heterocycles. The number of carboxylic acid groups (broad SMARTS) is 1. The Morgan fingerprint density at radius 2 is 2.19 bits per heavy atom. The van der Waals surface area contributed by atoms with Crippen molar-refractivity contribution < 1.29 is 27.8 Å². The van der Waals surface area contributed by atoms with Crippen molar-refractivity contribution in [3.05, 3.63) is 23.4 Å². The van der Waals surface area contributed by atoms with Gasteiger partial charge in [0, 0.05) is 12.3 Å². The molecule has 1 N–H and O–H groups in total. The van der Waals surface area contributed by atoms with Gasteiger partial charge in [0.2, 0.25) is 5.88 Å². The lowest BCUT2D eigenvalue weighted by molar-refractivity contribution is -0.276. The van der Waals surface area contributed by atoms with Gasteiger partial charge in [0.1, 0.15) is 6.07 Å². The Kier molecular flexibility index (Phi) is 2.99. The molecule has 1 aromatic rings. The van der Waals surface area contributed by atoms with Crippen molar-refractivity contribution >= 4 is 5.97 Å². The third kappa shape index (κ3) is 2.84. The van der Waals surface area contributed by atoms with Gasteiger partial charge in [-0.25, -0.2) is 9.78 Å². The fraction of sp³-hybridized carbons (Fsp3) is 0.125. The van der Waals surface area contributed by atoms with Crippen molar-refractivity contribution in [2.24, 2.45) is 0 Å². The zero-order chi connectivity index (χ0) is 12.3. The summed E-state index contributed by atoms with van der Waals surface area (Å²) in [5.74, 6) is -2.34. The van der Waals surface area contributed by atoms with E-state index in [1.807, 2.05) is 0 Å². The van der Waals surface area contributed by atoms with E-state index < -0.39 is 29.3 Å². The molecular formula is C8H3F3N2O3. The van der Waals surface area contributed by atoms with Gasteiger partial charge in [-0.1, -0.05) is 0 Å². The molecular weight excluding hydrogens is 229 g/mol. The van der Waals surface area contributed by atoms with Crippen LogP contribution in [0.15, 0.2) is 12.3 Å². The summed E-state index contributed by atoms with van der Waals surface area (Å²) in [5, 5.41) is 17.1. The van der Waals surface area contributed by atoms with Crippen LogP contribution >= 0.6 is 0 Å². The summed E-state index contributed by atoms with van der Waals surface area (Å²) in [5.41, 5.74) is -0.946. The van der Waals surface area contributed by atoms with Crippen molar-refractivity contribution in [2.45, 2.75) is 6.36 Å². The van der Waals surface area contributed by atoms with Gasteiger partial charge in [0.05, 0.1) is 11.1 Å². The quantitative estimate of drug-likeness (QED) is 0.836. The second-order valence-corrected chi connectivity index (χ2v) is 2.53. The first-order valence-corrected chi connectivity index (χ1v) is 3.72.